The third-order valence-electron chi connectivity index (χ3n) is 5.85. The van der Waals surface area contributed by atoms with Crippen molar-refractivity contribution >= 4 is 21.8 Å². The van der Waals surface area contributed by atoms with Crippen LogP contribution in [-0.4, -0.2) is 68.3 Å². The molecule has 2 aromatic rings. The number of likely N-dealkylation sites (tertiary alicyclic amines) is 1. The van der Waals surface area contributed by atoms with Crippen LogP contribution in [0, 0.1) is 0 Å². The smallest absolute Gasteiger partial charge is 0.254 e. The standard InChI is InChI=1S/C23H27N3O5S/c27-22(20-10-6-12-26(20)23(28)18-7-2-1-3-8-18)24-17-19-9-4-5-11-21(19)32(29,30)25-13-15-31-16-14-25/h1-5,7-9,11,20H,6,10,12-17H2,(H,24,27)/t20-/m1/s1. The van der Waals surface area contributed by atoms with E-state index in [-0.39, 0.29) is 23.3 Å². The average Bonchev–Trinajstić information content (AvgIpc) is 3.33. The van der Waals surface area contributed by atoms with Gasteiger partial charge in [0, 0.05) is 31.7 Å². The van der Waals surface area contributed by atoms with Gasteiger partial charge >= 0.3 is 0 Å². The van der Waals surface area contributed by atoms with Crippen molar-refractivity contribution in [1.29, 1.82) is 0 Å². The van der Waals surface area contributed by atoms with Crippen LogP contribution in [0.25, 0.3) is 0 Å². The second-order valence-corrected chi connectivity index (χ2v) is 9.77. The van der Waals surface area contributed by atoms with E-state index in [1.54, 1.807) is 53.4 Å². The monoisotopic (exact) mass is 457 g/mol. The van der Waals surface area contributed by atoms with Crippen LogP contribution < -0.4 is 5.32 Å². The predicted octanol–water partition coefficient (Wildman–Crippen LogP) is 1.63. The molecule has 2 aliphatic rings. The Bertz CT molecular complexity index is 1070. The topological polar surface area (TPSA) is 96.0 Å². The lowest BCUT2D eigenvalue weighted by Crippen LogP contribution is -2.46. The van der Waals surface area contributed by atoms with Gasteiger partial charge in [-0.1, -0.05) is 36.4 Å². The van der Waals surface area contributed by atoms with Crippen molar-refractivity contribution in [2.45, 2.75) is 30.3 Å². The van der Waals surface area contributed by atoms with Crippen molar-refractivity contribution in [3.8, 4) is 0 Å². The van der Waals surface area contributed by atoms with Crippen LogP contribution in [0.3, 0.4) is 0 Å². The molecule has 1 N–H and O–H groups in total. The summed E-state index contributed by atoms with van der Waals surface area (Å²) in [7, 11) is -3.68. The van der Waals surface area contributed by atoms with E-state index in [1.165, 1.54) is 4.31 Å². The Labute approximate surface area is 188 Å². The molecular weight excluding hydrogens is 430 g/mol. The number of nitrogens with one attached hydrogen (secondary N) is 1. The zero-order valence-corrected chi connectivity index (χ0v) is 18.6. The van der Waals surface area contributed by atoms with Gasteiger partial charge in [0.2, 0.25) is 15.9 Å². The highest BCUT2D eigenvalue weighted by Gasteiger charge is 2.35. The van der Waals surface area contributed by atoms with Crippen LogP contribution in [0.1, 0.15) is 28.8 Å². The van der Waals surface area contributed by atoms with Gasteiger partial charge in [-0.25, -0.2) is 8.42 Å². The van der Waals surface area contributed by atoms with Crippen LogP contribution in [0.4, 0.5) is 0 Å². The van der Waals surface area contributed by atoms with E-state index in [0.29, 0.717) is 50.4 Å². The van der Waals surface area contributed by atoms with Crippen LogP contribution in [-0.2, 0) is 26.1 Å². The first kappa shape index (κ1) is 22.4. The summed E-state index contributed by atoms with van der Waals surface area (Å²) in [4.78, 5) is 27.6. The normalized spacial score (nSPS) is 19.6. The van der Waals surface area contributed by atoms with E-state index in [4.69, 9.17) is 4.74 Å². The molecule has 170 valence electrons. The van der Waals surface area contributed by atoms with Crippen molar-refractivity contribution in [1.82, 2.24) is 14.5 Å². The number of ether oxygens (including phenoxy) is 1. The fourth-order valence-electron chi connectivity index (χ4n) is 4.16. The molecule has 2 aromatic carbocycles. The maximum absolute atomic E-state index is 13.1. The molecule has 9 heteroatoms. The number of amides is 2. The highest BCUT2D eigenvalue weighted by atomic mass is 32.2. The lowest BCUT2D eigenvalue weighted by atomic mass is 10.1. The number of hydrogen-bond acceptors (Lipinski definition) is 5. The van der Waals surface area contributed by atoms with E-state index in [9.17, 15) is 18.0 Å². The molecule has 2 fully saturated rings. The van der Waals surface area contributed by atoms with Crippen molar-refractivity contribution in [2.24, 2.45) is 0 Å². The van der Waals surface area contributed by atoms with E-state index < -0.39 is 16.1 Å². The molecule has 0 saturated carbocycles. The molecule has 4 rings (SSSR count). The molecule has 0 bridgehead atoms. The third-order valence-corrected chi connectivity index (χ3v) is 7.85. The first-order valence-electron chi connectivity index (χ1n) is 10.8. The minimum Gasteiger partial charge on any atom is -0.379 e. The number of morpholine rings is 1. The summed E-state index contributed by atoms with van der Waals surface area (Å²) in [5.41, 5.74) is 1.07. The Kier molecular flexibility index (Phi) is 6.88. The Morgan fingerprint density at radius 2 is 1.66 bits per heavy atom. The Morgan fingerprint density at radius 1 is 0.969 bits per heavy atom. The summed E-state index contributed by atoms with van der Waals surface area (Å²) >= 11 is 0. The molecule has 2 amide bonds. The number of nitrogens with zero attached hydrogens (tertiary/aromatic N) is 2. The molecule has 0 unspecified atom stereocenters. The lowest BCUT2D eigenvalue weighted by molar-refractivity contribution is -0.125. The van der Waals surface area contributed by atoms with Gasteiger partial charge in [-0.15, -0.1) is 0 Å². The second kappa shape index (κ2) is 9.81. The molecule has 2 aliphatic heterocycles. The first-order valence-corrected chi connectivity index (χ1v) is 12.2. The highest BCUT2D eigenvalue weighted by molar-refractivity contribution is 7.89. The minimum atomic E-state index is -3.68. The molecule has 0 aromatic heterocycles. The summed E-state index contributed by atoms with van der Waals surface area (Å²) in [6.45, 7) is 1.94. The predicted molar refractivity (Wildman–Crippen MR) is 118 cm³/mol. The van der Waals surface area contributed by atoms with Gasteiger partial charge in [0.25, 0.3) is 5.91 Å². The quantitative estimate of drug-likeness (QED) is 0.711. The van der Waals surface area contributed by atoms with E-state index in [2.05, 4.69) is 5.32 Å². The van der Waals surface area contributed by atoms with Gasteiger partial charge in [0.1, 0.15) is 6.04 Å². The van der Waals surface area contributed by atoms with Gasteiger partial charge in [0.15, 0.2) is 0 Å². The molecule has 1 atom stereocenters. The lowest BCUT2D eigenvalue weighted by Gasteiger charge is -2.27. The number of hydrogen-bond donors (Lipinski definition) is 1. The molecule has 0 radical (unpaired) electrons. The van der Waals surface area contributed by atoms with Crippen LogP contribution in [0.2, 0.25) is 0 Å². The SMILES string of the molecule is O=C(NCc1ccccc1S(=O)(=O)N1CCOCC1)[C@H]1CCCN1C(=O)c1ccccc1. The minimum absolute atomic E-state index is 0.0719. The number of rotatable bonds is 6. The van der Waals surface area contributed by atoms with Crippen molar-refractivity contribution < 1.29 is 22.7 Å². The molecule has 8 nitrogen and oxygen atoms in total. The molecule has 2 saturated heterocycles. The van der Waals surface area contributed by atoms with Gasteiger partial charge in [-0.3, -0.25) is 9.59 Å². The van der Waals surface area contributed by atoms with Crippen LogP contribution >= 0.6 is 0 Å². The fraction of sp³-hybridized carbons (Fsp3) is 0.391. The molecule has 32 heavy (non-hydrogen) atoms. The van der Waals surface area contributed by atoms with E-state index >= 15 is 0 Å². The summed E-state index contributed by atoms with van der Waals surface area (Å²) < 4.78 is 32.9. The maximum Gasteiger partial charge on any atom is 0.254 e. The molecule has 0 aliphatic carbocycles. The van der Waals surface area contributed by atoms with Gasteiger partial charge in [-0.05, 0) is 36.6 Å². The summed E-state index contributed by atoms with van der Waals surface area (Å²) in [5.74, 6) is -0.441. The van der Waals surface area contributed by atoms with Gasteiger partial charge in [-0.2, -0.15) is 4.31 Å². The maximum atomic E-state index is 13.1. The van der Waals surface area contributed by atoms with Crippen molar-refractivity contribution in [3.05, 3.63) is 65.7 Å². The number of carbonyl (C=O) groups is 2. The van der Waals surface area contributed by atoms with Crippen LogP contribution in [0.5, 0.6) is 0 Å². The van der Waals surface area contributed by atoms with E-state index in [1.807, 2.05) is 6.07 Å². The van der Waals surface area contributed by atoms with Crippen LogP contribution in [0.15, 0.2) is 59.5 Å². The van der Waals surface area contributed by atoms with Crippen molar-refractivity contribution in [2.75, 3.05) is 32.8 Å². The van der Waals surface area contributed by atoms with E-state index in [0.717, 1.165) is 6.42 Å². The molecule has 2 heterocycles. The molecule has 0 spiro atoms. The fourth-order valence-corrected chi connectivity index (χ4v) is 5.79. The van der Waals surface area contributed by atoms with Gasteiger partial charge in [0.05, 0.1) is 18.1 Å². The Morgan fingerprint density at radius 3 is 2.41 bits per heavy atom. The highest BCUT2D eigenvalue weighted by Crippen LogP contribution is 2.23. The molecular formula is C23H27N3O5S. The zero-order chi connectivity index (χ0) is 22.6. The third kappa shape index (κ3) is 4.69. The number of carbonyl (C=O) groups excluding carboxylic acids is 2. The van der Waals surface area contributed by atoms with Crippen molar-refractivity contribution in [3.63, 3.8) is 0 Å². The largest absolute Gasteiger partial charge is 0.379 e. The Hall–Kier alpha value is -2.75. The summed E-state index contributed by atoms with van der Waals surface area (Å²) in [6.07, 6.45) is 1.33. The summed E-state index contributed by atoms with van der Waals surface area (Å²) in [5, 5.41) is 2.85. The number of benzene rings is 2. The number of sulfonamides is 1. The Balaban J connectivity index is 1.46. The average molecular weight is 458 g/mol. The van der Waals surface area contributed by atoms with Gasteiger partial charge < -0.3 is 15.0 Å². The summed E-state index contributed by atoms with van der Waals surface area (Å²) in [6, 6.07) is 15.0. The zero-order valence-electron chi connectivity index (χ0n) is 17.8. The second-order valence-electron chi connectivity index (χ2n) is 7.86. The first-order chi connectivity index (χ1) is 15.5.